The number of nitrogens with zero attached hydrogens (tertiary/aromatic N) is 3. The Bertz CT molecular complexity index is 1850. The minimum atomic E-state index is -0.904. The quantitative estimate of drug-likeness (QED) is 0.0586. The van der Waals surface area contributed by atoms with E-state index in [4.69, 9.17) is 18.9 Å². The summed E-state index contributed by atoms with van der Waals surface area (Å²) in [7, 11) is 6.39. The Hall–Kier alpha value is -4.03. The monoisotopic (exact) mass is 1020 g/mol. The van der Waals surface area contributed by atoms with Crippen molar-refractivity contribution in [2.75, 3.05) is 60.0 Å². The third-order valence-electron chi connectivity index (χ3n) is 14.5. The number of hydrogen-bond donors (Lipinski definition) is 3. The van der Waals surface area contributed by atoms with Crippen molar-refractivity contribution in [3.63, 3.8) is 0 Å². The van der Waals surface area contributed by atoms with Crippen LogP contribution in [0.1, 0.15) is 125 Å². The van der Waals surface area contributed by atoms with E-state index in [1.54, 1.807) is 52.0 Å². The molecule has 1 heterocycles. The van der Waals surface area contributed by atoms with Gasteiger partial charge < -0.3 is 49.4 Å². The van der Waals surface area contributed by atoms with Crippen molar-refractivity contribution < 1.29 is 52.8 Å². The molecule has 1 fully saturated rings. The van der Waals surface area contributed by atoms with Crippen molar-refractivity contribution in [3.8, 4) is 0 Å². The standard InChI is InChI=1S/C54H89N5O11S/c1-14-36(6)49(45(67-11)32-47(62)59-29-20-27-43(59)51(68-12)37(7)52(64)56-38(8)50(63)39-21-16-15-17-22-39)57(9)53(65)42(34(2)3)31-44(60)48(35(4)5)58(10)54(66)70-41-25-18-23-40(24-19-26-41)69-30-28-55-46(61)33-71-13/h15-18,21-22,25,34-38,40-43,45,48-51,63H,14,19-20,23-24,26-33H2,1-13H3,(H,55,61)(H,56,64)/b25-18+/t36-,37+,38+,40?,41?,42+,43-,45+,48-,49-,50+,51+/m0/s1. The van der Waals surface area contributed by atoms with Gasteiger partial charge in [0.05, 0.1) is 73.3 Å². The molecule has 0 spiro atoms. The smallest absolute Gasteiger partial charge is 0.410 e. The van der Waals surface area contributed by atoms with E-state index in [-0.39, 0.29) is 72.2 Å². The zero-order chi connectivity index (χ0) is 52.9. The largest absolute Gasteiger partial charge is 0.442 e. The second-order valence-corrected chi connectivity index (χ2v) is 21.2. The van der Waals surface area contributed by atoms with Crippen LogP contribution in [0.3, 0.4) is 0 Å². The summed E-state index contributed by atoms with van der Waals surface area (Å²) in [5.74, 6) is -2.49. The van der Waals surface area contributed by atoms with Crippen LogP contribution in [0.4, 0.5) is 4.79 Å². The molecular formula is C54H89N5O11S. The molecule has 0 aromatic heterocycles. The fourth-order valence-electron chi connectivity index (χ4n) is 10.2. The molecular weight excluding hydrogens is 927 g/mol. The first-order valence-corrected chi connectivity index (χ1v) is 27.3. The lowest BCUT2D eigenvalue weighted by molar-refractivity contribution is -0.149. The lowest BCUT2D eigenvalue weighted by atomic mass is 9.83. The van der Waals surface area contributed by atoms with E-state index in [2.05, 4.69) is 10.6 Å². The van der Waals surface area contributed by atoms with Crippen molar-refractivity contribution in [2.45, 2.75) is 168 Å². The third-order valence-corrected chi connectivity index (χ3v) is 15.1. The number of Topliss-reactive ketones (excluding diaryl/α,β-unsaturated/α-hetero) is 1. The van der Waals surface area contributed by atoms with Gasteiger partial charge in [0.2, 0.25) is 23.6 Å². The maximum atomic E-state index is 14.7. The zero-order valence-corrected chi connectivity index (χ0v) is 45.9. The van der Waals surface area contributed by atoms with E-state index >= 15 is 0 Å². The van der Waals surface area contributed by atoms with Crippen molar-refractivity contribution >= 4 is 47.3 Å². The topological polar surface area (TPSA) is 193 Å². The number of nitrogens with one attached hydrogen (secondary N) is 2. The number of hydrogen-bond acceptors (Lipinski definition) is 12. The number of likely N-dealkylation sites (tertiary alicyclic amines) is 1. The van der Waals surface area contributed by atoms with E-state index in [1.807, 2.05) is 90.3 Å². The Kier molecular flexibility index (Phi) is 26.6. The summed E-state index contributed by atoms with van der Waals surface area (Å²) in [6, 6.07) is 6.84. The van der Waals surface area contributed by atoms with Crippen LogP contribution in [0.25, 0.3) is 0 Å². The number of benzene rings is 1. The van der Waals surface area contributed by atoms with Crippen molar-refractivity contribution in [2.24, 2.45) is 29.6 Å². The van der Waals surface area contributed by atoms with Crippen LogP contribution in [-0.2, 0) is 42.9 Å². The van der Waals surface area contributed by atoms with Crippen molar-refractivity contribution in [1.82, 2.24) is 25.3 Å². The lowest BCUT2D eigenvalue weighted by Crippen LogP contribution is -2.55. The first-order valence-electron chi connectivity index (χ1n) is 25.9. The molecule has 12 atom stereocenters. The van der Waals surface area contributed by atoms with Crippen LogP contribution in [0.5, 0.6) is 0 Å². The van der Waals surface area contributed by atoms with E-state index in [1.165, 1.54) is 16.7 Å². The van der Waals surface area contributed by atoms with E-state index in [0.29, 0.717) is 56.7 Å². The highest BCUT2D eigenvalue weighted by Crippen LogP contribution is 2.32. The molecule has 2 unspecified atom stereocenters. The highest BCUT2D eigenvalue weighted by Gasteiger charge is 2.44. The molecule has 1 aliphatic carbocycles. The summed E-state index contributed by atoms with van der Waals surface area (Å²) in [6.45, 7) is 16.5. The summed E-state index contributed by atoms with van der Waals surface area (Å²) in [5.41, 5.74) is 0.694. The van der Waals surface area contributed by atoms with Gasteiger partial charge in [0.1, 0.15) is 6.10 Å². The number of rotatable bonds is 28. The lowest BCUT2D eigenvalue weighted by Gasteiger charge is -2.41. The minimum Gasteiger partial charge on any atom is -0.442 e. The highest BCUT2D eigenvalue weighted by molar-refractivity contribution is 7.99. The second kappa shape index (κ2) is 30.9. The molecule has 16 nitrogen and oxygen atoms in total. The third kappa shape index (κ3) is 18.1. The summed E-state index contributed by atoms with van der Waals surface area (Å²) < 4.78 is 24.0. The van der Waals surface area contributed by atoms with Crippen LogP contribution >= 0.6 is 11.8 Å². The van der Waals surface area contributed by atoms with Gasteiger partial charge in [-0.2, -0.15) is 11.8 Å². The fraction of sp³-hybridized carbons (Fsp3) is 0.741. The Labute approximate surface area is 429 Å². The number of thioether (sulfide) groups is 1. The molecule has 1 saturated heterocycles. The van der Waals surface area contributed by atoms with Crippen LogP contribution in [0.15, 0.2) is 42.5 Å². The van der Waals surface area contributed by atoms with E-state index in [0.717, 1.165) is 19.3 Å². The van der Waals surface area contributed by atoms with Gasteiger partial charge in [-0.1, -0.05) is 91.3 Å². The van der Waals surface area contributed by atoms with Crippen LogP contribution in [-0.4, -0.2) is 164 Å². The van der Waals surface area contributed by atoms with Crippen LogP contribution in [0, 0.1) is 29.6 Å². The summed E-state index contributed by atoms with van der Waals surface area (Å²) in [5, 5.41) is 16.7. The summed E-state index contributed by atoms with van der Waals surface area (Å²) in [4.78, 5) is 87.4. The molecule has 1 aromatic carbocycles. The maximum Gasteiger partial charge on any atom is 0.410 e. The molecule has 0 saturated carbocycles. The summed E-state index contributed by atoms with van der Waals surface area (Å²) >= 11 is 1.47. The van der Waals surface area contributed by atoms with E-state index in [9.17, 15) is 33.9 Å². The molecule has 1 aliphatic heterocycles. The molecule has 5 amide bonds. The average molecular weight is 1020 g/mol. The van der Waals surface area contributed by atoms with Gasteiger partial charge >= 0.3 is 6.09 Å². The predicted molar refractivity (Wildman–Crippen MR) is 278 cm³/mol. The maximum absolute atomic E-state index is 14.7. The Morgan fingerprint density at radius 2 is 1.58 bits per heavy atom. The number of likely N-dealkylation sites (N-methyl/N-ethyl adjacent to an activating group) is 2. The molecule has 0 bridgehead atoms. The van der Waals surface area contributed by atoms with Gasteiger partial charge in [-0.15, -0.1) is 0 Å². The fourth-order valence-corrected chi connectivity index (χ4v) is 10.6. The van der Waals surface area contributed by atoms with Gasteiger partial charge in [0.15, 0.2) is 5.78 Å². The first-order chi connectivity index (χ1) is 33.7. The van der Waals surface area contributed by atoms with E-state index < -0.39 is 60.5 Å². The zero-order valence-electron chi connectivity index (χ0n) is 45.1. The summed E-state index contributed by atoms with van der Waals surface area (Å²) in [6.07, 6.45) is 7.12. The number of aliphatic hydroxyl groups is 1. The minimum absolute atomic E-state index is 0.00326. The predicted octanol–water partition coefficient (Wildman–Crippen LogP) is 6.83. The normalized spacial score (nSPS) is 21.6. The molecule has 402 valence electrons. The molecule has 2 aliphatic rings. The number of carbonyl (C=O) groups is 6. The van der Waals surface area contributed by atoms with Crippen LogP contribution in [0.2, 0.25) is 0 Å². The number of methoxy groups -OCH3 is 2. The van der Waals surface area contributed by atoms with Gasteiger partial charge in [-0.05, 0) is 81.1 Å². The molecule has 17 heteroatoms. The number of ketones is 1. The number of ether oxygens (including phenoxy) is 4. The molecule has 71 heavy (non-hydrogen) atoms. The molecule has 0 radical (unpaired) electrons. The van der Waals surface area contributed by atoms with Gasteiger partial charge in [0.25, 0.3) is 0 Å². The van der Waals surface area contributed by atoms with Crippen molar-refractivity contribution in [1.29, 1.82) is 0 Å². The molecule has 3 N–H and O–H groups in total. The number of carbonyl (C=O) groups excluding carboxylic acids is 6. The Morgan fingerprint density at radius 1 is 0.887 bits per heavy atom. The van der Waals surface area contributed by atoms with Gasteiger partial charge in [-0.25, -0.2) is 4.79 Å². The van der Waals surface area contributed by atoms with Gasteiger partial charge in [-0.3, -0.25) is 24.0 Å². The Morgan fingerprint density at radius 3 is 2.18 bits per heavy atom. The molecule has 1 aromatic rings. The highest BCUT2D eigenvalue weighted by atomic mass is 32.2. The molecule has 3 rings (SSSR count). The Balaban J connectivity index is 1.69. The second-order valence-electron chi connectivity index (χ2n) is 20.4. The van der Waals surface area contributed by atoms with Crippen molar-refractivity contribution in [3.05, 3.63) is 48.0 Å². The van der Waals surface area contributed by atoms with Gasteiger partial charge in [0, 0.05) is 53.7 Å². The number of amides is 5. The SMILES string of the molecule is CC[C@H](C)[C@@H]([C@@H](CC(=O)N1CCC[C@H]1[C@H](OC)[C@@H](C)C(=O)N[C@H](C)[C@@H](O)c1ccccc1)OC)N(C)C(=O)[C@H](CC(=O)[C@H](C(C)C)N(C)C(=O)OC1/C=C/CC(OCCNC(=O)CSC)CCC1)C(C)C. The van der Waals surface area contributed by atoms with Crippen LogP contribution < -0.4 is 10.6 Å². The average Bonchev–Trinajstić information content (AvgIpc) is 3.82. The first kappa shape index (κ1) is 61.3. The number of aliphatic hydroxyl groups excluding tert-OH is 1.